The summed E-state index contributed by atoms with van der Waals surface area (Å²) in [4.78, 5) is 24.6. The number of hydrogen-bond acceptors (Lipinski definition) is 6. The van der Waals surface area contributed by atoms with E-state index in [1.165, 1.54) is 51.4 Å². The summed E-state index contributed by atoms with van der Waals surface area (Å²) in [6.45, 7) is 4.31. The molecule has 6 heteroatoms. The number of esters is 2. The number of piperidine rings is 2. The van der Waals surface area contributed by atoms with Gasteiger partial charge in [-0.2, -0.15) is 0 Å². The predicted molar refractivity (Wildman–Crippen MR) is 136 cm³/mol. The van der Waals surface area contributed by atoms with Gasteiger partial charge in [0, 0.05) is 37.0 Å². The summed E-state index contributed by atoms with van der Waals surface area (Å²) < 4.78 is 11.6. The van der Waals surface area contributed by atoms with Crippen LogP contribution in [0.3, 0.4) is 0 Å². The second kappa shape index (κ2) is 15.1. The monoisotopic (exact) mass is 478 g/mol. The number of carbonyl (C=O) groups is 2. The molecule has 0 spiro atoms. The Morgan fingerprint density at radius 2 is 0.912 bits per heavy atom. The third-order valence-electron chi connectivity index (χ3n) is 8.14. The lowest BCUT2D eigenvalue weighted by Crippen LogP contribution is -2.50. The molecule has 6 heterocycles. The minimum absolute atomic E-state index is 0.0193. The van der Waals surface area contributed by atoms with Crippen molar-refractivity contribution >= 4 is 11.9 Å². The zero-order chi connectivity index (χ0) is 24.2. The first-order chi connectivity index (χ1) is 16.5. The van der Waals surface area contributed by atoms with Crippen LogP contribution < -0.4 is 10.6 Å². The second-order valence-electron chi connectivity index (χ2n) is 11.1. The summed E-state index contributed by atoms with van der Waals surface area (Å²) >= 11 is 0. The predicted octanol–water partition coefficient (Wildman–Crippen LogP) is 5.57. The molecule has 0 aromatic rings. The fraction of sp³-hybridized carbons (Fsp3) is 0.929. The maximum Gasteiger partial charge on any atom is 0.306 e. The van der Waals surface area contributed by atoms with Crippen molar-refractivity contribution in [3.63, 3.8) is 0 Å². The van der Waals surface area contributed by atoms with E-state index in [0.717, 1.165) is 51.4 Å². The Morgan fingerprint density at radius 1 is 0.529 bits per heavy atom. The van der Waals surface area contributed by atoms with Gasteiger partial charge in [-0.05, 0) is 65.2 Å². The average Bonchev–Trinajstić information content (AvgIpc) is 2.80. The van der Waals surface area contributed by atoms with Gasteiger partial charge in [-0.15, -0.1) is 0 Å². The van der Waals surface area contributed by atoms with Crippen LogP contribution in [0.2, 0.25) is 0 Å². The molecule has 6 nitrogen and oxygen atoms in total. The Balaban J connectivity index is 1.43. The molecule has 0 saturated carbocycles. The first-order valence-corrected chi connectivity index (χ1v) is 14.4. The highest BCUT2D eigenvalue weighted by atomic mass is 16.5. The van der Waals surface area contributed by atoms with E-state index in [2.05, 4.69) is 24.5 Å². The first-order valence-electron chi connectivity index (χ1n) is 14.4. The van der Waals surface area contributed by atoms with E-state index in [9.17, 15) is 9.59 Å². The Bertz CT molecular complexity index is 561. The maximum absolute atomic E-state index is 12.3. The van der Waals surface area contributed by atoms with E-state index >= 15 is 0 Å². The van der Waals surface area contributed by atoms with E-state index in [1.807, 2.05) is 0 Å². The van der Waals surface area contributed by atoms with Crippen molar-refractivity contribution in [1.29, 1.82) is 0 Å². The van der Waals surface area contributed by atoms with Gasteiger partial charge in [-0.3, -0.25) is 9.59 Å². The molecule has 0 amide bonds. The van der Waals surface area contributed by atoms with E-state index in [4.69, 9.17) is 9.47 Å². The number of rotatable bonds is 0. The molecule has 0 aliphatic carbocycles. The Morgan fingerprint density at radius 3 is 1.32 bits per heavy atom. The van der Waals surface area contributed by atoms with Gasteiger partial charge in [0.05, 0.1) is 0 Å². The molecular weight excluding hydrogens is 428 g/mol. The van der Waals surface area contributed by atoms with Crippen molar-refractivity contribution in [2.75, 3.05) is 0 Å². The van der Waals surface area contributed by atoms with Crippen LogP contribution in [0, 0.1) is 0 Å². The largest absolute Gasteiger partial charge is 0.461 e. The van der Waals surface area contributed by atoms with Gasteiger partial charge in [0.25, 0.3) is 0 Å². The number of nitrogens with one attached hydrogen (secondary N) is 2. The standard InChI is InChI=1S/C28H50N2O4/c1-21-25-19-17-23(29-21)13-9-5-3-8-12-16-28(32)34-26-20-18-24(30-22(26)2)14-10-6-4-7-11-15-27(31)33-25/h21-26,29-30H,3-20H2,1-2H3/t21-,22?,23+,24+,25-,26+/m0/s1. The van der Waals surface area contributed by atoms with E-state index in [1.54, 1.807) is 0 Å². The molecule has 6 fully saturated rings. The molecule has 4 bridgehead atoms. The van der Waals surface area contributed by atoms with Crippen molar-refractivity contribution in [2.24, 2.45) is 0 Å². The van der Waals surface area contributed by atoms with E-state index in [-0.39, 0.29) is 36.2 Å². The summed E-state index contributed by atoms with van der Waals surface area (Å²) in [5.41, 5.74) is 0. The molecule has 6 aliphatic heterocycles. The summed E-state index contributed by atoms with van der Waals surface area (Å²) in [7, 11) is 0. The van der Waals surface area contributed by atoms with Gasteiger partial charge >= 0.3 is 11.9 Å². The smallest absolute Gasteiger partial charge is 0.306 e. The van der Waals surface area contributed by atoms with Crippen molar-refractivity contribution in [3.8, 4) is 0 Å². The minimum Gasteiger partial charge on any atom is -0.461 e. The summed E-state index contributed by atoms with van der Waals surface area (Å²) in [5, 5.41) is 7.35. The van der Waals surface area contributed by atoms with Gasteiger partial charge in [0.15, 0.2) is 0 Å². The van der Waals surface area contributed by atoms with Crippen molar-refractivity contribution in [2.45, 2.75) is 166 Å². The zero-order valence-corrected chi connectivity index (χ0v) is 21.8. The van der Waals surface area contributed by atoms with Crippen LogP contribution in [0.5, 0.6) is 0 Å². The number of hydrogen-bond donors (Lipinski definition) is 2. The SMILES string of the molecule is CC1N[C@@H]2CCCCCCCC(=O)O[C@H]3CC[C@@H](CCCCCCCC(=O)O[C@@H]1CC2)N[C@H]3C. The Hall–Kier alpha value is -1.14. The molecule has 0 aromatic heterocycles. The minimum atomic E-state index is -0.0193. The normalized spacial score (nSPS) is 36.5. The van der Waals surface area contributed by atoms with Gasteiger partial charge in [-0.1, -0.05) is 51.4 Å². The number of carbonyl (C=O) groups excluding carboxylic acids is 2. The molecule has 0 aromatic carbocycles. The third-order valence-corrected chi connectivity index (χ3v) is 8.14. The summed E-state index contributed by atoms with van der Waals surface area (Å²) in [6, 6.07) is 1.53. The molecule has 34 heavy (non-hydrogen) atoms. The molecule has 0 radical (unpaired) electrons. The molecule has 196 valence electrons. The molecule has 6 saturated heterocycles. The van der Waals surface area contributed by atoms with Crippen LogP contribution in [-0.2, 0) is 19.1 Å². The van der Waals surface area contributed by atoms with E-state index < -0.39 is 0 Å². The van der Waals surface area contributed by atoms with Crippen LogP contribution in [0.15, 0.2) is 0 Å². The van der Waals surface area contributed by atoms with Gasteiger partial charge in [-0.25, -0.2) is 0 Å². The van der Waals surface area contributed by atoms with Crippen LogP contribution in [-0.4, -0.2) is 48.3 Å². The highest BCUT2D eigenvalue weighted by Gasteiger charge is 2.30. The summed E-state index contributed by atoms with van der Waals surface area (Å²) in [5.74, 6) is -0.0385. The quantitative estimate of drug-likeness (QED) is 0.444. The average molecular weight is 479 g/mol. The van der Waals surface area contributed by atoms with E-state index in [0.29, 0.717) is 24.9 Å². The zero-order valence-electron chi connectivity index (χ0n) is 21.8. The fourth-order valence-electron chi connectivity index (χ4n) is 5.97. The molecule has 6 atom stereocenters. The maximum atomic E-state index is 12.3. The molecule has 6 rings (SSSR count). The van der Waals surface area contributed by atoms with Crippen molar-refractivity contribution in [3.05, 3.63) is 0 Å². The topological polar surface area (TPSA) is 76.7 Å². The first kappa shape index (κ1) is 27.4. The fourth-order valence-corrected chi connectivity index (χ4v) is 5.97. The van der Waals surface area contributed by atoms with Crippen LogP contribution in [0.4, 0.5) is 0 Å². The number of ether oxygens (including phenoxy) is 2. The lowest BCUT2D eigenvalue weighted by Gasteiger charge is -2.35. The highest BCUT2D eigenvalue weighted by molar-refractivity contribution is 5.69. The van der Waals surface area contributed by atoms with Crippen LogP contribution >= 0.6 is 0 Å². The lowest BCUT2D eigenvalue weighted by molar-refractivity contribution is -0.153. The molecular formula is C28H50N2O4. The molecule has 6 aliphatic rings. The third kappa shape index (κ3) is 9.85. The van der Waals surface area contributed by atoms with Gasteiger partial charge in [0.2, 0.25) is 0 Å². The van der Waals surface area contributed by atoms with Gasteiger partial charge in [0.1, 0.15) is 12.2 Å². The Kier molecular flexibility index (Phi) is 12.2. The lowest BCUT2D eigenvalue weighted by atomic mass is 9.92. The molecule has 1 unspecified atom stereocenters. The van der Waals surface area contributed by atoms with Crippen LogP contribution in [0.25, 0.3) is 0 Å². The second-order valence-corrected chi connectivity index (χ2v) is 11.1. The Labute approximate surface area is 207 Å². The summed E-state index contributed by atoms with van der Waals surface area (Å²) in [6.07, 6.45) is 18.9. The van der Waals surface area contributed by atoms with Gasteiger partial charge < -0.3 is 20.1 Å². The van der Waals surface area contributed by atoms with Crippen molar-refractivity contribution in [1.82, 2.24) is 10.6 Å². The molecule has 2 N–H and O–H groups in total. The van der Waals surface area contributed by atoms with Crippen molar-refractivity contribution < 1.29 is 19.1 Å². The highest BCUT2D eigenvalue weighted by Crippen LogP contribution is 2.23. The van der Waals surface area contributed by atoms with Crippen LogP contribution in [0.1, 0.15) is 129 Å².